The molecule has 0 radical (unpaired) electrons. The second-order valence-corrected chi connectivity index (χ2v) is 8.64. The van der Waals surface area contributed by atoms with Gasteiger partial charge in [-0.1, -0.05) is 54.2 Å². The van der Waals surface area contributed by atoms with Gasteiger partial charge >= 0.3 is 0 Å². The average Bonchev–Trinajstić information content (AvgIpc) is 3.11. The van der Waals surface area contributed by atoms with E-state index in [4.69, 9.17) is 4.98 Å². The Labute approximate surface area is 189 Å². The van der Waals surface area contributed by atoms with Crippen LogP contribution in [0.1, 0.15) is 19.9 Å². The van der Waals surface area contributed by atoms with Gasteiger partial charge in [0.2, 0.25) is 5.91 Å². The topological polar surface area (TPSA) is 68.9 Å². The van der Waals surface area contributed by atoms with Crippen LogP contribution in [0.4, 0.5) is 10.1 Å². The summed E-state index contributed by atoms with van der Waals surface area (Å²) in [6, 6.07) is 15.6. The smallest absolute Gasteiger partial charge is 0.278 e. The highest BCUT2D eigenvalue weighted by Crippen LogP contribution is 2.30. The predicted octanol–water partition coefficient (Wildman–Crippen LogP) is 4.85. The molecule has 32 heavy (non-hydrogen) atoms. The lowest BCUT2D eigenvalue weighted by Gasteiger charge is -2.16. The summed E-state index contributed by atoms with van der Waals surface area (Å²) >= 11 is 1.16. The van der Waals surface area contributed by atoms with Crippen LogP contribution < -0.4 is 10.9 Å². The van der Waals surface area contributed by atoms with Crippen LogP contribution >= 0.6 is 11.8 Å². The van der Waals surface area contributed by atoms with Gasteiger partial charge < -0.3 is 9.88 Å². The largest absolute Gasteiger partial charge is 0.344 e. The number of aryl methyl sites for hydroxylation is 1. The van der Waals surface area contributed by atoms with Crippen LogP contribution in [0.2, 0.25) is 0 Å². The van der Waals surface area contributed by atoms with Gasteiger partial charge in [-0.25, -0.2) is 9.37 Å². The van der Waals surface area contributed by atoms with E-state index in [1.54, 1.807) is 21.3 Å². The number of rotatable bonds is 6. The van der Waals surface area contributed by atoms with Crippen LogP contribution in [0.3, 0.4) is 0 Å². The normalized spacial score (nSPS) is 11.3. The summed E-state index contributed by atoms with van der Waals surface area (Å²) in [7, 11) is 1.83. The second-order valence-electron chi connectivity index (χ2n) is 7.70. The number of carbonyl (C=O) groups excluding carboxylic acids is 1. The molecule has 4 rings (SSSR count). The minimum absolute atomic E-state index is 0.00744. The third-order valence-corrected chi connectivity index (χ3v) is 6.02. The molecule has 2 aromatic carbocycles. The maximum atomic E-state index is 13.8. The summed E-state index contributed by atoms with van der Waals surface area (Å²) < 4.78 is 17.2. The monoisotopic (exact) mass is 450 g/mol. The van der Waals surface area contributed by atoms with E-state index in [0.29, 0.717) is 16.2 Å². The molecule has 0 saturated heterocycles. The minimum Gasteiger partial charge on any atom is -0.344 e. The highest BCUT2D eigenvalue weighted by atomic mass is 32.2. The Morgan fingerprint density at radius 1 is 1.12 bits per heavy atom. The fourth-order valence-corrected chi connectivity index (χ4v) is 4.52. The van der Waals surface area contributed by atoms with Crippen LogP contribution in [0.5, 0.6) is 0 Å². The van der Waals surface area contributed by atoms with Crippen molar-refractivity contribution in [3.63, 3.8) is 0 Å². The molecule has 1 amide bonds. The van der Waals surface area contributed by atoms with Crippen molar-refractivity contribution in [2.24, 2.45) is 7.05 Å². The minimum atomic E-state index is -0.499. The molecule has 0 unspecified atom stereocenters. The van der Waals surface area contributed by atoms with E-state index >= 15 is 0 Å². The summed E-state index contributed by atoms with van der Waals surface area (Å²) in [6.45, 7) is 3.80. The number of halogens is 1. The fraction of sp³-hybridized carbons (Fsp3) is 0.208. The van der Waals surface area contributed by atoms with Crippen LogP contribution in [-0.4, -0.2) is 25.8 Å². The average molecular weight is 451 g/mol. The van der Waals surface area contributed by atoms with Gasteiger partial charge in [0, 0.05) is 24.8 Å². The SMILES string of the molecule is CC(C)n1c(SCC(=O)Nc2ccccc2F)nc2c(-c3ccccc3)cn(C)c2c1=O. The van der Waals surface area contributed by atoms with Crippen LogP contribution in [0, 0.1) is 5.82 Å². The predicted molar refractivity (Wildman–Crippen MR) is 127 cm³/mol. The molecule has 0 fully saturated rings. The van der Waals surface area contributed by atoms with Crippen LogP contribution in [-0.2, 0) is 11.8 Å². The van der Waals surface area contributed by atoms with Gasteiger partial charge in [-0.2, -0.15) is 0 Å². The molecule has 0 spiro atoms. The van der Waals surface area contributed by atoms with Crippen molar-refractivity contribution in [1.29, 1.82) is 0 Å². The Kier molecular flexibility index (Phi) is 6.14. The molecule has 0 aliphatic heterocycles. The van der Waals surface area contributed by atoms with Crippen molar-refractivity contribution in [1.82, 2.24) is 14.1 Å². The van der Waals surface area contributed by atoms with Gasteiger partial charge in [0.1, 0.15) is 16.9 Å². The number of hydrogen-bond acceptors (Lipinski definition) is 4. The standard InChI is InChI=1S/C24H23FN4O2S/c1-15(2)29-23(31)22-21(17(13-28(22)3)16-9-5-4-6-10-16)27-24(29)32-14-20(30)26-19-12-8-7-11-18(19)25/h4-13,15H,14H2,1-3H3,(H,26,30). The number of benzene rings is 2. The first-order chi connectivity index (χ1) is 15.4. The molecular weight excluding hydrogens is 427 g/mol. The number of anilines is 1. The van der Waals surface area contributed by atoms with Crippen LogP contribution in [0.15, 0.2) is 70.7 Å². The lowest BCUT2D eigenvalue weighted by Crippen LogP contribution is -2.26. The van der Waals surface area contributed by atoms with E-state index in [1.807, 2.05) is 57.4 Å². The van der Waals surface area contributed by atoms with Gasteiger partial charge in [-0.05, 0) is 31.5 Å². The van der Waals surface area contributed by atoms with Crippen molar-refractivity contribution >= 4 is 34.4 Å². The quantitative estimate of drug-likeness (QED) is 0.337. The Morgan fingerprint density at radius 2 is 1.81 bits per heavy atom. The maximum absolute atomic E-state index is 13.8. The highest BCUT2D eigenvalue weighted by molar-refractivity contribution is 7.99. The van der Waals surface area contributed by atoms with Crippen molar-refractivity contribution in [2.45, 2.75) is 25.0 Å². The lowest BCUT2D eigenvalue weighted by molar-refractivity contribution is -0.113. The maximum Gasteiger partial charge on any atom is 0.278 e. The summed E-state index contributed by atoms with van der Waals surface area (Å²) in [5, 5.41) is 3.02. The first kappa shape index (κ1) is 21.8. The number of aromatic nitrogens is 3. The molecule has 0 bridgehead atoms. The van der Waals surface area contributed by atoms with E-state index in [1.165, 1.54) is 12.1 Å². The molecule has 2 heterocycles. The Bertz CT molecular complexity index is 1350. The van der Waals surface area contributed by atoms with E-state index in [-0.39, 0.29) is 28.9 Å². The Hall–Kier alpha value is -3.39. The molecule has 0 aliphatic rings. The van der Waals surface area contributed by atoms with E-state index in [2.05, 4.69) is 5.32 Å². The second kappa shape index (κ2) is 9.00. The summed E-state index contributed by atoms with van der Waals surface area (Å²) in [5.41, 5.74) is 2.88. The van der Waals surface area contributed by atoms with Gasteiger partial charge in [-0.3, -0.25) is 14.2 Å². The lowest BCUT2D eigenvalue weighted by atomic mass is 10.1. The first-order valence-electron chi connectivity index (χ1n) is 10.2. The number of amides is 1. The molecule has 0 atom stereocenters. The first-order valence-corrected chi connectivity index (χ1v) is 11.2. The summed E-state index contributed by atoms with van der Waals surface area (Å²) in [5.74, 6) is -0.880. The number of nitrogens with zero attached hydrogens (tertiary/aromatic N) is 3. The molecule has 8 heteroatoms. The van der Waals surface area contributed by atoms with E-state index < -0.39 is 5.82 Å². The molecular formula is C24H23FN4O2S. The molecule has 1 N–H and O–H groups in total. The number of hydrogen-bond donors (Lipinski definition) is 1. The molecule has 0 aliphatic carbocycles. The number of thioether (sulfide) groups is 1. The van der Waals surface area contributed by atoms with Gasteiger partial charge in [0.25, 0.3) is 5.56 Å². The summed E-state index contributed by atoms with van der Waals surface area (Å²) in [6.07, 6.45) is 1.90. The number of para-hydroxylation sites is 1. The van der Waals surface area contributed by atoms with Crippen molar-refractivity contribution < 1.29 is 9.18 Å². The van der Waals surface area contributed by atoms with Gasteiger partial charge in [0.05, 0.1) is 11.4 Å². The number of carbonyl (C=O) groups is 1. The highest BCUT2D eigenvalue weighted by Gasteiger charge is 2.20. The zero-order chi connectivity index (χ0) is 22.8. The molecule has 6 nitrogen and oxygen atoms in total. The van der Waals surface area contributed by atoms with E-state index in [9.17, 15) is 14.0 Å². The molecule has 4 aromatic rings. The van der Waals surface area contributed by atoms with Crippen molar-refractivity contribution in [3.05, 3.63) is 77.0 Å². The Morgan fingerprint density at radius 3 is 2.50 bits per heavy atom. The molecule has 2 aromatic heterocycles. The van der Waals surface area contributed by atoms with Crippen LogP contribution in [0.25, 0.3) is 22.2 Å². The summed E-state index contributed by atoms with van der Waals surface area (Å²) in [4.78, 5) is 30.6. The fourth-order valence-electron chi connectivity index (χ4n) is 3.59. The Balaban J connectivity index is 1.71. The zero-order valence-corrected chi connectivity index (χ0v) is 18.8. The number of fused-ring (bicyclic) bond motifs is 1. The molecule has 0 saturated carbocycles. The van der Waals surface area contributed by atoms with E-state index in [0.717, 1.165) is 22.9 Å². The van der Waals surface area contributed by atoms with Crippen molar-refractivity contribution in [3.8, 4) is 11.1 Å². The third kappa shape index (κ3) is 4.18. The van der Waals surface area contributed by atoms with Gasteiger partial charge in [-0.15, -0.1) is 0 Å². The van der Waals surface area contributed by atoms with Gasteiger partial charge in [0.15, 0.2) is 5.16 Å². The number of nitrogens with one attached hydrogen (secondary N) is 1. The molecule has 164 valence electrons. The van der Waals surface area contributed by atoms with Crippen molar-refractivity contribution in [2.75, 3.05) is 11.1 Å². The zero-order valence-electron chi connectivity index (χ0n) is 18.0. The third-order valence-electron chi connectivity index (χ3n) is 5.07.